The van der Waals surface area contributed by atoms with E-state index in [0.29, 0.717) is 12.5 Å². The lowest BCUT2D eigenvalue weighted by Crippen LogP contribution is -2.39. The van der Waals surface area contributed by atoms with Crippen LogP contribution in [0.25, 0.3) is 0 Å². The van der Waals surface area contributed by atoms with Crippen molar-refractivity contribution in [3.05, 3.63) is 18.5 Å². The highest BCUT2D eigenvalue weighted by atomic mass is 16.2. The zero-order chi connectivity index (χ0) is 10.6. The van der Waals surface area contributed by atoms with Crippen LogP contribution in [0.4, 0.5) is 10.7 Å². The molecule has 5 nitrogen and oxygen atoms in total. The third kappa shape index (κ3) is 2.18. The molecule has 0 unspecified atom stereocenters. The molecule has 0 bridgehead atoms. The molecular formula is C9H14N4O. The van der Waals surface area contributed by atoms with Gasteiger partial charge in [-0.15, -0.1) is 0 Å². The molecule has 0 aromatic carbocycles. The fourth-order valence-corrected chi connectivity index (χ4v) is 0.941. The SMILES string of the molecule is CCN(C)C(=O)N(C)c1ncccn1. The van der Waals surface area contributed by atoms with Crippen molar-refractivity contribution in [2.45, 2.75) is 6.92 Å². The molecule has 0 saturated carbocycles. The Labute approximate surface area is 83.4 Å². The van der Waals surface area contributed by atoms with Crippen molar-refractivity contribution in [2.75, 3.05) is 25.5 Å². The van der Waals surface area contributed by atoms with Crippen LogP contribution in [-0.2, 0) is 0 Å². The lowest BCUT2D eigenvalue weighted by Gasteiger charge is -2.21. The number of hydrogen-bond acceptors (Lipinski definition) is 3. The van der Waals surface area contributed by atoms with Crippen LogP contribution in [-0.4, -0.2) is 41.5 Å². The first-order chi connectivity index (χ1) is 6.66. The molecule has 5 heteroatoms. The molecule has 1 aromatic rings. The molecule has 1 heterocycles. The number of amides is 2. The Morgan fingerprint density at radius 2 is 1.93 bits per heavy atom. The summed E-state index contributed by atoms with van der Waals surface area (Å²) in [6.45, 7) is 2.58. The quantitative estimate of drug-likeness (QED) is 0.705. The highest BCUT2D eigenvalue weighted by Crippen LogP contribution is 2.04. The third-order valence-electron chi connectivity index (χ3n) is 1.94. The lowest BCUT2D eigenvalue weighted by atomic mass is 10.6. The van der Waals surface area contributed by atoms with Crippen LogP contribution in [0.3, 0.4) is 0 Å². The van der Waals surface area contributed by atoms with Gasteiger partial charge in [-0.05, 0) is 13.0 Å². The van der Waals surface area contributed by atoms with E-state index < -0.39 is 0 Å². The summed E-state index contributed by atoms with van der Waals surface area (Å²) in [5, 5.41) is 0. The molecule has 14 heavy (non-hydrogen) atoms. The smallest absolute Gasteiger partial charge is 0.326 e. The van der Waals surface area contributed by atoms with Gasteiger partial charge in [-0.2, -0.15) is 0 Å². The average molecular weight is 194 g/mol. The summed E-state index contributed by atoms with van der Waals surface area (Å²) in [7, 11) is 3.39. The second-order valence-corrected chi connectivity index (χ2v) is 2.90. The van der Waals surface area contributed by atoms with Crippen molar-refractivity contribution in [1.82, 2.24) is 14.9 Å². The van der Waals surface area contributed by atoms with Crippen LogP contribution in [0.2, 0.25) is 0 Å². The van der Waals surface area contributed by atoms with Crippen LogP contribution in [0.5, 0.6) is 0 Å². The van der Waals surface area contributed by atoms with Crippen molar-refractivity contribution in [1.29, 1.82) is 0 Å². The molecule has 0 aliphatic heterocycles. The van der Waals surface area contributed by atoms with Gasteiger partial charge in [0.15, 0.2) is 0 Å². The number of carbonyl (C=O) groups excluding carboxylic acids is 1. The second-order valence-electron chi connectivity index (χ2n) is 2.90. The first-order valence-corrected chi connectivity index (χ1v) is 4.42. The number of carbonyl (C=O) groups is 1. The van der Waals surface area contributed by atoms with Gasteiger partial charge in [-0.25, -0.2) is 14.8 Å². The molecule has 0 radical (unpaired) electrons. The summed E-state index contributed by atoms with van der Waals surface area (Å²) in [6, 6.07) is 1.60. The topological polar surface area (TPSA) is 49.3 Å². The van der Waals surface area contributed by atoms with Gasteiger partial charge < -0.3 is 4.90 Å². The summed E-state index contributed by atoms with van der Waals surface area (Å²) in [5.41, 5.74) is 0. The van der Waals surface area contributed by atoms with Crippen molar-refractivity contribution < 1.29 is 4.79 Å². The van der Waals surface area contributed by atoms with Gasteiger partial charge in [0.05, 0.1) is 0 Å². The highest BCUT2D eigenvalue weighted by Gasteiger charge is 2.15. The summed E-state index contributed by atoms with van der Waals surface area (Å²) in [5.74, 6) is 0.415. The Morgan fingerprint density at radius 3 is 2.43 bits per heavy atom. The van der Waals surface area contributed by atoms with E-state index >= 15 is 0 Å². The van der Waals surface area contributed by atoms with Crippen molar-refractivity contribution in [2.24, 2.45) is 0 Å². The van der Waals surface area contributed by atoms with Gasteiger partial charge in [0.1, 0.15) is 0 Å². The molecule has 76 valence electrons. The molecule has 0 atom stereocenters. The normalized spacial score (nSPS) is 9.64. The molecule has 0 aliphatic carbocycles. The predicted octanol–water partition coefficient (Wildman–Crippen LogP) is 0.984. The van der Waals surface area contributed by atoms with Crippen molar-refractivity contribution in [3.63, 3.8) is 0 Å². The van der Waals surface area contributed by atoms with E-state index in [1.165, 1.54) is 4.90 Å². The number of nitrogens with zero attached hydrogens (tertiary/aromatic N) is 4. The summed E-state index contributed by atoms with van der Waals surface area (Å²) >= 11 is 0. The fourth-order valence-electron chi connectivity index (χ4n) is 0.941. The minimum absolute atomic E-state index is 0.112. The Bertz CT molecular complexity index is 301. The molecule has 0 saturated heterocycles. The summed E-state index contributed by atoms with van der Waals surface area (Å²) < 4.78 is 0. The van der Waals surface area contributed by atoms with E-state index in [1.54, 1.807) is 37.5 Å². The Morgan fingerprint density at radius 1 is 1.36 bits per heavy atom. The van der Waals surface area contributed by atoms with Gasteiger partial charge in [0.2, 0.25) is 5.95 Å². The maximum absolute atomic E-state index is 11.6. The van der Waals surface area contributed by atoms with Gasteiger partial charge in [0.25, 0.3) is 0 Å². The van der Waals surface area contributed by atoms with Gasteiger partial charge in [0, 0.05) is 33.0 Å². The van der Waals surface area contributed by atoms with Gasteiger partial charge in [-0.3, -0.25) is 4.90 Å². The zero-order valence-electron chi connectivity index (χ0n) is 8.64. The lowest BCUT2D eigenvalue weighted by molar-refractivity contribution is 0.218. The first kappa shape index (κ1) is 10.4. The van der Waals surface area contributed by atoms with E-state index in [0.717, 1.165) is 0 Å². The molecule has 0 N–H and O–H groups in total. The van der Waals surface area contributed by atoms with E-state index in [2.05, 4.69) is 9.97 Å². The molecule has 0 spiro atoms. The van der Waals surface area contributed by atoms with Gasteiger partial charge >= 0.3 is 6.03 Å². The number of rotatable bonds is 2. The molecule has 2 amide bonds. The van der Waals surface area contributed by atoms with E-state index in [9.17, 15) is 4.79 Å². The van der Waals surface area contributed by atoms with Crippen LogP contribution < -0.4 is 4.90 Å². The highest BCUT2D eigenvalue weighted by molar-refractivity contribution is 5.89. The number of anilines is 1. The third-order valence-corrected chi connectivity index (χ3v) is 1.94. The fraction of sp³-hybridized carbons (Fsp3) is 0.444. The Balaban J connectivity index is 2.76. The van der Waals surface area contributed by atoms with E-state index in [1.807, 2.05) is 6.92 Å². The minimum Gasteiger partial charge on any atom is -0.328 e. The van der Waals surface area contributed by atoms with Crippen LogP contribution in [0.1, 0.15) is 6.92 Å². The number of hydrogen-bond donors (Lipinski definition) is 0. The maximum Gasteiger partial charge on any atom is 0.326 e. The largest absolute Gasteiger partial charge is 0.328 e. The predicted molar refractivity (Wildman–Crippen MR) is 54.1 cm³/mol. The number of aromatic nitrogens is 2. The molecule has 1 aromatic heterocycles. The van der Waals surface area contributed by atoms with E-state index in [-0.39, 0.29) is 6.03 Å². The van der Waals surface area contributed by atoms with E-state index in [4.69, 9.17) is 0 Å². The van der Waals surface area contributed by atoms with Crippen LogP contribution in [0.15, 0.2) is 18.5 Å². The maximum atomic E-state index is 11.6. The molecule has 0 fully saturated rings. The Kier molecular flexibility index (Phi) is 3.39. The van der Waals surface area contributed by atoms with Crippen LogP contribution >= 0.6 is 0 Å². The second kappa shape index (κ2) is 4.55. The van der Waals surface area contributed by atoms with Crippen molar-refractivity contribution >= 4 is 12.0 Å². The first-order valence-electron chi connectivity index (χ1n) is 4.42. The summed E-state index contributed by atoms with van der Waals surface area (Å²) in [6.07, 6.45) is 3.22. The monoisotopic (exact) mass is 194 g/mol. The number of urea groups is 1. The van der Waals surface area contributed by atoms with Gasteiger partial charge in [-0.1, -0.05) is 0 Å². The standard InChI is InChI=1S/C9H14N4O/c1-4-12(2)9(14)13(3)8-10-6-5-7-11-8/h5-7H,4H2,1-3H3. The summed E-state index contributed by atoms with van der Waals surface area (Å²) in [4.78, 5) is 22.6. The average Bonchev–Trinajstić information content (AvgIpc) is 2.27. The molecular weight excluding hydrogens is 180 g/mol. The molecule has 1 rings (SSSR count). The minimum atomic E-state index is -0.112. The molecule has 0 aliphatic rings. The Hall–Kier alpha value is -1.65. The van der Waals surface area contributed by atoms with Crippen molar-refractivity contribution in [3.8, 4) is 0 Å². The zero-order valence-corrected chi connectivity index (χ0v) is 8.64. The van der Waals surface area contributed by atoms with Crippen LogP contribution in [0, 0.1) is 0 Å².